The molecular weight excluding hydrogens is 468 g/mol. The summed E-state index contributed by atoms with van der Waals surface area (Å²) in [6.45, 7) is 1.09. The number of carbonyl (C=O) groups excluding carboxylic acids is 2. The summed E-state index contributed by atoms with van der Waals surface area (Å²) in [6.07, 6.45) is -7.20. The third kappa shape index (κ3) is 6.84. The minimum Gasteiger partial charge on any atom is -0.380 e. The lowest BCUT2D eigenvalue weighted by Crippen LogP contribution is -2.55. The predicted octanol–water partition coefficient (Wildman–Crippen LogP) is 3.84. The largest absolute Gasteiger partial charge is 0.416 e. The van der Waals surface area contributed by atoms with Gasteiger partial charge in [-0.05, 0) is 75.7 Å². The third-order valence-corrected chi connectivity index (χ3v) is 6.38. The van der Waals surface area contributed by atoms with E-state index in [9.17, 15) is 41.0 Å². The van der Waals surface area contributed by atoms with E-state index in [0.717, 1.165) is 0 Å². The summed E-state index contributed by atoms with van der Waals surface area (Å²) in [5.41, 5.74) is -4.96. The van der Waals surface area contributed by atoms with E-state index < -0.39 is 46.6 Å². The number of carbonyl (C=O) groups is 2. The van der Waals surface area contributed by atoms with Crippen molar-refractivity contribution in [3.05, 3.63) is 29.3 Å². The maximum absolute atomic E-state index is 13.0. The molecule has 0 bridgehead atoms. The van der Waals surface area contributed by atoms with Crippen molar-refractivity contribution in [3.63, 3.8) is 0 Å². The van der Waals surface area contributed by atoms with Crippen molar-refractivity contribution in [2.75, 3.05) is 18.4 Å². The van der Waals surface area contributed by atoms with Crippen molar-refractivity contribution in [1.29, 1.82) is 0 Å². The maximum Gasteiger partial charge on any atom is 0.416 e. The summed E-state index contributed by atoms with van der Waals surface area (Å²) in [7, 11) is 0. The smallest absolute Gasteiger partial charge is 0.380 e. The molecule has 1 saturated heterocycles. The number of hydrogen-bond donors (Lipinski definition) is 4. The first-order chi connectivity index (χ1) is 15.8. The van der Waals surface area contributed by atoms with Crippen molar-refractivity contribution >= 4 is 17.5 Å². The van der Waals surface area contributed by atoms with Gasteiger partial charge in [0.05, 0.1) is 11.1 Å². The van der Waals surface area contributed by atoms with Gasteiger partial charge < -0.3 is 21.1 Å². The Labute approximate surface area is 192 Å². The number of amides is 2. The normalized spacial score (nSPS) is 23.3. The second kappa shape index (κ2) is 10.1. The van der Waals surface area contributed by atoms with Gasteiger partial charge in [-0.25, -0.2) is 0 Å². The zero-order valence-electron chi connectivity index (χ0n) is 18.3. The first-order valence-electron chi connectivity index (χ1n) is 11.1. The number of anilines is 1. The van der Waals surface area contributed by atoms with Crippen molar-refractivity contribution in [3.8, 4) is 0 Å². The number of alkyl halides is 6. The number of halogens is 6. The highest BCUT2D eigenvalue weighted by Gasteiger charge is 2.39. The molecule has 34 heavy (non-hydrogen) atoms. The van der Waals surface area contributed by atoms with Crippen LogP contribution in [0.25, 0.3) is 0 Å². The fourth-order valence-corrected chi connectivity index (χ4v) is 4.40. The Morgan fingerprint density at radius 1 is 0.941 bits per heavy atom. The molecule has 1 saturated carbocycles. The van der Waals surface area contributed by atoms with Gasteiger partial charge in [-0.1, -0.05) is 0 Å². The number of hydrogen-bond acceptors (Lipinski definition) is 4. The van der Waals surface area contributed by atoms with Gasteiger partial charge in [0, 0.05) is 18.2 Å². The standard InChI is InChI=1S/C22H27F6N3O3/c23-21(24,25)14-10-15(22(26,27)28)12-17(11-14)30-18(32)9-13-1-3-16(4-2-13)31-19(33)20(34)5-7-29-8-6-20/h10-13,16,29,34H,1-9H2,(H,30,32)(H,31,33). The van der Waals surface area contributed by atoms with E-state index >= 15 is 0 Å². The summed E-state index contributed by atoms with van der Waals surface area (Å²) in [6, 6.07) is 0.797. The Morgan fingerprint density at radius 2 is 1.47 bits per heavy atom. The number of piperidine rings is 1. The van der Waals surface area contributed by atoms with Crippen LogP contribution in [0.4, 0.5) is 32.0 Å². The molecule has 12 heteroatoms. The van der Waals surface area contributed by atoms with E-state index in [-0.39, 0.29) is 24.4 Å². The zero-order valence-corrected chi connectivity index (χ0v) is 18.3. The van der Waals surface area contributed by atoms with Crippen LogP contribution in [0.1, 0.15) is 56.1 Å². The van der Waals surface area contributed by atoms with E-state index in [1.54, 1.807) is 0 Å². The molecule has 2 aliphatic rings. The predicted molar refractivity (Wildman–Crippen MR) is 111 cm³/mol. The second-order valence-electron chi connectivity index (χ2n) is 9.02. The fraction of sp³-hybridized carbons (Fsp3) is 0.636. The van der Waals surface area contributed by atoms with Crippen LogP contribution in [0.5, 0.6) is 0 Å². The molecule has 0 aromatic heterocycles. The van der Waals surface area contributed by atoms with Crippen LogP contribution in [-0.4, -0.2) is 41.7 Å². The van der Waals surface area contributed by atoms with E-state index in [4.69, 9.17) is 0 Å². The Bertz CT molecular complexity index is 857. The monoisotopic (exact) mass is 495 g/mol. The maximum atomic E-state index is 13.0. The van der Waals surface area contributed by atoms with Crippen molar-refractivity contribution < 1.29 is 41.0 Å². The van der Waals surface area contributed by atoms with Gasteiger partial charge in [0.15, 0.2) is 0 Å². The van der Waals surface area contributed by atoms with Crippen LogP contribution >= 0.6 is 0 Å². The number of nitrogens with one attached hydrogen (secondary N) is 3. The molecule has 1 aliphatic heterocycles. The van der Waals surface area contributed by atoms with E-state index in [0.29, 0.717) is 63.7 Å². The molecule has 6 nitrogen and oxygen atoms in total. The van der Waals surface area contributed by atoms with Crippen LogP contribution in [0, 0.1) is 5.92 Å². The minimum atomic E-state index is -5.00. The van der Waals surface area contributed by atoms with Crippen molar-refractivity contribution in [2.45, 2.75) is 68.9 Å². The van der Waals surface area contributed by atoms with Crippen molar-refractivity contribution in [1.82, 2.24) is 10.6 Å². The topological polar surface area (TPSA) is 90.5 Å². The SMILES string of the molecule is O=C(CC1CCC(NC(=O)C2(O)CCNCC2)CC1)Nc1cc(C(F)(F)F)cc(C(F)(F)F)c1. The second-order valence-corrected chi connectivity index (χ2v) is 9.02. The Morgan fingerprint density at radius 3 is 1.97 bits per heavy atom. The number of benzene rings is 1. The molecule has 2 amide bonds. The molecule has 4 N–H and O–H groups in total. The molecule has 2 fully saturated rings. The molecule has 1 aromatic rings. The number of aliphatic hydroxyl groups is 1. The van der Waals surface area contributed by atoms with Crippen LogP contribution in [-0.2, 0) is 21.9 Å². The first-order valence-corrected chi connectivity index (χ1v) is 11.1. The molecule has 0 atom stereocenters. The van der Waals surface area contributed by atoms with Gasteiger partial charge in [-0.3, -0.25) is 9.59 Å². The summed E-state index contributed by atoms with van der Waals surface area (Å²) in [4.78, 5) is 24.8. The highest BCUT2D eigenvalue weighted by Crippen LogP contribution is 2.38. The average molecular weight is 495 g/mol. The molecule has 1 aromatic carbocycles. The lowest BCUT2D eigenvalue weighted by atomic mass is 9.83. The average Bonchev–Trinajstić information content (AvgIpc) is 2.74. The quantitative estimate of drug-likeness (QED) is 0.468. The molecular formula is C22H27F6N3O3. The third-order valence-electron chi connectivity index (χ3n) is 6.38. The Balaban J connectivity index is 1.53. The van der Waals surface area contributed by atoms with Gasteiger partial charge in [-0.15, -0.1) is 0 Å². The Hall–Kier alpha value is -2.34. The highest BCUT2D eigenvalue weighted by atomic mass is 19.4. The fourth-order valence-electron chi connectivity index (χ4n) is 4.40. The van der Waals surface area contributed by atoms with Gasteiger partial charge in [-0.2, -0.15) is 26.3 Å². The molecule has 0 radical (unpaired) electrons. The summed E-state index contributed by atoms with van der Waals surface area (Å²) >= 11 is 0. The van der Waals surface area contributed by atoms with E-state index in [1.807, 2.05) is 0 Å². The minimum absolute atomic E-state index is 0.00552. The van der Waals surface area contributed by atoms with Crippen LogP contribution < -0.4 is 16.0 Å². The van der Waals surface area contributed by atoms with E-state index in [2.05, 4.69) is 16.0 Å². The van der Waals surface area contributed by atoms with Crippen LogP contribution in [0.2, 0.25) is 0 Å². The highest BCUT2D eigenvalue weighted by molar-refractivity contribution is 5.91. The van der Waals surface area contributed by atoms with E-state index in [1.165, 1.54) is 0 Å². The van der Waals surface area contributed by atoms with Crippen LogP contribution in [0.15, 0.2) is 18.2 Å². The first kappa shape index (κ1) is 26.3. The summed E-state index contributed by atoms with van der Waals surface area (Å²) in [5, 5.41) is 18.6. The molecule has 3 rings (SSSR count). The molecule has 190 valence electrons. The number of rotatable bonds is 5. The van der Waals surface area contributed by atoms with Gasteiger partial charge in [0.25, 0.3) is 5.91 Å². The molecule has 1 heterocycles. The zero-order chi connectivity index (χ0) is 25.1. The van der Waals surface area contributed by atoms with Gasteiger partial charge in [0.1, 0.15) is 5.60 Å². The Kier molecular flexibility index (Phi) is 7.81. The summed E-state index contributed by atoms with van der Waals surface area (Å²) in [5.74, 6) is -1.22. The van der Waals surface area contributed by atoms with Crippen LogP contribution in [0.3, 0.4) is 0 Å². The molecule has 1 aliphatic carbocycles. The lowest BCUT2D eigenvalue weighted by Gasteiger charge is -2.35. The summed E-state index contributed by atoms with van der Waals surface area (Å²) < 4.78 is 77.9. The molecule has 0 unspecified atom stereocenters. The van der Waals surface area contributed by atoms with Gasteiger partial charge >= 0.3 is 12.4 Å². The lowest BCUT2D eigenvalue weighted by molar-refractivity contribution is -0.144. The van der Waals surface area contributed by atoms with Gasteiger partial charge in [0.2, 0.25) is 5.91 Å². The molecule has 0 spiro atoms. The van der Waals surface area contributed by atoms with Crippen molar-refractivity contribution in [2.24, 2.45) is 5.92 Å².